The van der Waals surface area contributed by atoms with Crippen molar-refractivity contribution in [3.63, 3.8) is 0 Å². The van der Waals surface area contributed by atoms with E-state index in [0.717, 1.165) is 12.8 Å². The van der Waals surface area contributed by atoms with E-state index in [0.29, 0.717) is 23.2 Å². The Labute approximate surface area is 138 Å². The standard InChI is InChI=1S/C14H15ClN4O3S/c15-10-3-5-11(6-4-10)19-23(21,22)14-12(8-17-18-14)13(20)16-7-9-1-2-9/h3-6,8-9,19H,1-2,7H2,(H,16,20)(H,17,18). The van der Waals surface area contributed by atoms with E-state index >= 15 is 0 Å². The molecule has 0 radical (unpaired) electrons. The van der Waals surface area contributed by atoms with Crippen LogP contribution in [-0.2, 0) is 10.0 Å². The Morgan fingerprint density at radius 1 is 1.30 bits per heavy atom. The third-order valence-electron chi connectivity index (χ3n) is 3.46. The molecule has 1 aliphatic carbocycles. The molecule has 0 saturated heterocycles. The summed E-state index contributed by atoms with van der Waals surface area (Å²) < 4.78 is 27.2. The number of nitrogens with zero attached hydrogens (tertiary/aromatic N) is 1. The zero-order chi connectivity index (χ0) is 16.4. The van der Waals surface area contributed by atoms with Crippen LogP contribution in [0.3, 0.4) is 0 Å². The van der Waals surface area contributed by atoms with Gasteiger partial charge in [-0.1, -0.05) is 11.6 Å². The predicted molar refractivity (Wildman–Crippen MR) is 85.9 cm³/mol. The summed E-state index contributed by atoms with van der Waals surface area (Å²) in [7, 11) is -3.95. The summed E-state index contributed by atoms with van der Waals surface area (Å²) in [6.07, 6.45) is 3.39. The number of halogens is 1. The first kappa shape index (κ1) is 15.8. The molecular formula is C14H15ClN4O3S. The number of carbonyl (C=O) groups is 1. The predicted octanol–water partition coefficient (Wildman–Crippen LogP) is 2.00. The zero-order valence-corrected chi connectivity index (χ0v) is 13.6. The van der Waals surface area contributed by atoms with Crippen LogP contribution in [0.5, 0.6) is 0 Å². The molecule has 1 aliphatic rings. The molecule has 0 atom stereocenters. The van der Waals surface area contributed by atoms with Crippen molar-refractivity contribution < 1.29 is 13.2 Å². The number of nitrogens with one attached hydrogen (secondary N) is 3. The van der Waals surface area contributed by atoms with Crippen LogP contribution in [0.1, 0.15) is 23.2 Å². The van der Waals surface area contributed by atoms with Crippen molar-refractivity contribution in [1.29, 1.82) is 0 Å². The molecule has 1 saturated carbocycles. The van der Waals surface area contributed by atoms with Gasteiger partial charge in [0.1, 0.15) is 0 Å². The Morgan fingerprint density at radius 3 is 2.65 bits per heavy atom. The highest BCUT2D eigenvalue weighted by molar-refractivity contribution is 7.92. The molecule has 9 heteroatoms. The van der Waals surface area contributed by atoms with Gasteiger partial charge in [-0.2, -0.15) is 13.5 Å². The fourth-order valence-electron chi connectivity index (χ4n) is 2.02. The number of hydrogen-bond donors (Lipinski definition) is 3. The average molecular weight is 355 g/mol. The Hall–Kier alpha value is -2.06. The molecule has 0 aliphatic heterocycles. The molecular weight excluding hydrogens is 340 g/mol. The molecule has 1 aromatic carbocycles. The lowest BCUT2D eigenvalue weighted by atomic mass is 10.3. The summed E-state index contributed by atoms with van der Waals surface area (Å²) in [5, 5.41) is 9.01. The second kappa shape index (κ2) is 6.21. The van der Waals surface area contributed by atoms with Crippen LogP contribution in [-0.4, -0.2) is 31.1 Å². The van der Waals surface area contributed by atoms with Crippen molar-refractivity contribution in [2.24, 2.45) is 5.92 Å². The number of aromatic amines is 1. The first-order valence-electron chi connectivity index (χ1n) is 7.05. The topological polar surface area (TPSA) is 104 Å². The third-order valence-corrected chi connectivity index (χ3v) is 5.07. The second-order valence-corrected chi connectivity index (χ2v) is 7.43. The van der Waals surface area contributed by atoms with E-state index in [4.69, 9.17) is 11.6 Å². The lowest BCUT2D eigenvalue weighted by Crippen LogP contribution is -2.27. The smallest absolute Gasteiger partial charge is 0.279 e. The monoisotopic (exact) mass is 354 g/mol. The van der Waals surface area contributed by atoms with E-state index in [1.165, 1.54) is 18.3 Å². The molecule has 1 aromatic heterocycles. The van der Waals surface area contributed by atoms with E-state index in [2.05, 4.69) is 20.2 Å². The number of anilines is 1. The summed E-state index contributed by atoms with van der Waals surface area (Å²) in [4.78, 5) is 12.1. The van der Waals surface area contributed by atoms with Crippen LogP contribution in [0, 0.1) is 5.92 Å². The average Bonchev–Trinajstić information content (AvgIpc) is 3.20. The maximum absolute atomic E-state index is 12.4. The van der Waals surface area contributed by atoms with Crippen LogP contribution >= 0.6 is 11.6 Å². The van der Waals surface area contributed by atoms with Crippen molar-refractivity contribution in [2.75, 3.05) is 11.3 Å². The number of sulfonamides is 1. The Morgan fingerprint density at radius 2 is 2.00 bits per heavy atom. The van der Waals surface area contributed by atoms with E-state index in [1.807, 2.05) is 0 Å². The lowest BCUT2D eigenvalue weighted by molar-refractivity contribution is 0.0948. The fraction of sp³-hybridized carbons (Fsp3) is 0.286. The van der Waals surface area contributed by atoms with Crippen molar-refractivity contribution >= 4 is 33.2 Å². The highest BCUT2D eigenvalue weighted by Crippen LogP contribution is 2.27. The summed E-state index contributed by atoms with van der Waals surface area (Å²) in [6, 6.07) is 6.19. The van der Waals surface area contributed by atoms with E-state index in [9.17, 15) is 13.2 Å². The van der Waals surface area contributed by atoms with E-state index < -0.39 is 15.9 Å². The van der Waals surface area contributed by atoms with Crippen molar-refractivity contribution in [2.45, 2.75) is 17.9 Å². The molecule has 122 valence electrons. The minimum Gasteiger partial charge on any atom is -0.352 e. The molecule has 1 fully saturated rings. The van der Waals surface area contributed by atoms with Gasteiger partial charge in [0.05, 0.1) is 11.8 Å². The van der Waals surface area contributed by atoms with Crippen molar-refractivity contribution in [3.05, 3.63) is 41.0 Å². The second-order valence-electron chi connectivity index (χ2n) is 5.38. The maximum Gasteiger partial charge on any atom is 0.279 e. The Balaban J connectivity index is 1.78. The summed E-state index contributed by atoms with van der Waals surface area (Å²) in [6.45, 7) is 0.550. The summed E-state index contributed by atoms with van der Waals surface area (Å²) >= 11 is 5.77. The molecule has 1 amide bonds. The van der Waals surface area contributed by atoms with Crippen LogP contribution in [0.25, 0.3) is 0 Å². The number of H-pyrrole nitrogens is 1. The Bertz CT molecular complexity index is 813. The van der Waals surface area contributed by atoms with Gasteiger partial charge in [0.15, 0.2) is 5.03 Å². The van der Waals surface area contributed by atoms with Gasteiger partial charge in [-0.25, -0.2) is 0 Å². The largest absolute Gasteiger partial charge is 0.352 e. The van der Waals surface area contributed by atoms with E-state index in [-0.39, 0.29) is 10.6 Å². The lowest BCUT2D eigenvalue weighted by Gasteiger charge is -2.08. The van der Waals surface area contributed by atoms with Crippen LogP contribution < -0.4 is 10.0 Å². The zero-order valence-electron chi connectivity index (χ0n) is 12.0. The summed E-state index contributed by atoms with van der Waals surface area (Å²) in [5.74, 6) is 0.0419. The van der Waals surface area contributed by atoms with Crippen molar-refractivity contribution in [3.8, 4) is 0 Å². The number of rotatable bonds is 6. The quantitative estimate of drug-likeness (QED) is 0.738. The molecule has 23 heavy (non-hydrogen) atoms. The van der Waals surface area contributed by atoms with Crippen LogP contribution in [0.4, 0.5) is 5.69 Å². The number of aromatic nitrogens is 2. The molecule has 0 bridgehead atoms. The molecule has 3 N–H and O–H groups in total. The van der Waals surface area contributed by atoms with Crippen LogP contribution in [0.15, 0.2) is 35.5 Å². The normalized spacial score (nSPS) is 14.5. The van der Waals surface area contributed by atoms with Gasteiger partial charge in [-0.3, -0.25) is 14.6 Å². The van der Waals surface area contributed by atoms with Gasteiger partial charge in [-0.05, 0) is 43.0 Å². The minimum atomic E-state index is -3.95. The van der Waals surface area contributed by atoms with Crippen LogP contribution in [0.2, 0.25) is 5.02 Å². The van der Waals surface area contributed by atoms with Gasteiger partial charge >= 0.3 is 0 Å². The summed E-state index contributed by atoms with van der Waals surface area (Å²) in [5.41, 5.74) is 0.334. The van der Waals surface area contributed by atoms with Crippen molar-refractivity contribution in [1.82, 2.24) is 15.5 Å². The number of carbonyl (C=O) groups excluding carboxylic acids is 1. The Kier molecular flexibility index (Phi) is 4.27. The third kappa shape index (κ3) is 3.83. The SMILES string of the molecule is O=C(NCC1CC1)c1cn[nH]c1S(=O)(=O)Nc1ccc(Cl)cc1. The van der Waals surface area contributed by atoms with Gasteiger partial charge < -0.3 is 5.32 Å². The number of hydrogen-bond acceptors (Lipinski definition) is 4. The molecule has 0 spiro atoms. The van der Waals surface area contributed by atoms with Gasteiger partial charge in [-0.15, -0.1) is 0 Å². The molecule has 3 rings (SSSR count). The molecule has 0 unspecified atom stereocenters. The minimum absolute atomic E-state index is 0.00730. The van der Waals surface area contributed by atoms with E-state index in [1.54, 1.807) is 12.1 Å². The highest BCUT2D eigenvalue weighted by atomic mass is 35.5. The first-order chi connectivity index (χ1) is 11.0. The first-order valence-corrected chi connectivity index (χ1v) is 8.92. The van der Waals surface area contributed by atoms with Gasteiger partial charge in [0.25, 0.3) is 15.9 Å². The maximum atomic E-state index is 12.4. The number of benzene rings is 1. The number of amides is 1. The highest BCUT2D eigenvalue weighted by Gasteiger charge is 2.27. The fourth-order valence-corrected chi connectivity index (χ4v) is 3.30. The van der Waals surface area contributed by atoms with Gasteiger partial charge in [0.2, 0.25) is 0 Å². The molecule has 2 aromatic rings. The molecule has 1 heterocycles. The molecule has 7 nitrogen and oxygen atoms in total. The van der Waals surface area contributed by atoms with Gasteiger partial charge in [0, 0.05) is 17.3 Å².